The highest BCUT2D eigenvalue weighted by atomic mass is 79.9. The molecule has 0 saturated heterocycles. The van der Waals surface area contributed by atoms with E-state index in [4.69, 9.17) is 5.11 Å². The van der Waals surface area contributed by atoms with Crippen LogP contribution in [-0.2, 0) is 14.4 Å². The monoisotopic (exact) mass is 438 g/mol. The van der Waals surface area contributed by atoms with Crippen molar-refractivity contribution in [2.24, 2.45) is 11.0 Å². The fourth-order valence-corrected chi connectivity index (χ4v) is 2.92. The third-order valence-corrected chi connectivity index (χ3v) is 4.56. The fraction of sp³-hybridized carbons (Fsp3) is 0.500. The fourth-order valence-electron chi connectivity index (χ4n) is 2.65. The van der Waals surface area contributed by atoms with Gasteiger partial charge < -0.3 is 5.11 Å². The van der Waals surface area contributed by atoms with E-state index in [1.807, 2.05) is 31.2 Å². The predicted octanol–water partition coefficient (Wildman–Crippen LogP) is 4.81. The van der Waals surface area contributed by atoms with Crippen LogP contribution in [0, 0.1) is 5.92 Å². The van der Waals surface area contributed by atoms with Gasteiger partial charge in [-0.05, 0) is 43.5 Å². The quantitative estimate of drug-likeness (QED) is 0.589. The highest BCUT2D eigenvalue weighted by molar-refractivity contribution is 9.10. The molecular weight excluding hydrogens is 412 g/mol. The van der Waals surface area contributed by atoms with Crippen molar-refractivity contribution in [1.29, 1.82) is 0 Å². The predicted molar refractivity (Wildman–Crippen MR) is 110 cm³/mol. The normalized spacial score (nSPS) is 14.3. The van der Waals surface area contributed by atoms with Crippen LogP contribution in [-0.4, -0.2) is 28.5 Å². The van der Waals surface area contributed by atoms with Crippen molar-refractivity contribution in [1.82, 2.24) is 0 Å². The number of Topliss-reactive ketones (excluding diaryl/α,β-unsaturated/α-hetero) is 1. The lowest BCUT2D eigenvalue weighted by Gasteiger charge is -2.11. The molecule has 1 N–H and O–H groups in total. The molecule has 1 aromatic carbocycles. The summed E-state index contributed by atoms with van der Waals surface area (Å²) in [5.74, 6) is -1.87. The van der Waals surface area contributed by atoms with Gasteiger partial charge in [0.05, 0.1) is 12.1 Å². The molecule has 2 rings (SSSR count). The summed E-state index contributed by atoms with van der Waals surface area (Å²) in [4.78, 5) is 33.2. The highest BCUT2D eigenvalue weighted by Gasteiger charge is 2.24. The molecule has 148 valence electrons. The second-order valence-corrected chi connectivity index (χ2v) is 7.21. The lowest BCUT2D eigenvalue weighted by Crippen LogP contribution is -2.22. The van der Waals surface area contributed by atoms with Crippen molar-refractivity contribution >= 4 is 45.0 Å². The molecule has 0 spiro atoms. The molecule has 0 aliphatic carbocycles. The minimum atomic E-state index is -0.994. The van der Waals surface area contributed by atoms with Gasteiger partial charge in [-0.3, -0.25) is 14.4 Å². The van der Waals surface area contributed by atoms with Crippen LogP contribution in [0.4, 0.5) is 5.69 Å². The van der Waals surface area contributed by atoms with Gasteiger partial charge >= 0.3 is 5.97 Å². The zero-order valence-corrected chi connectivity index (χ0v) is 17.7. The van der Waals surface area contributed by atoms with Gasteiger partial charge in [-0.2, -0.15) is 5.10 Å². The lowest BCUT2D eigenvalue weighted by atomic mass is 9.98. The number of halogens is 1. The van der Waals surface area contributed by atoms with E-state index in [1.54, 1.807) is 6.92 Å². The van der Waals surface area contributed by atoms with Crippen LogP contribution in [0.2, 0.25) is 0 Å². The Morgan fingerprint density at radius 3 is 2.30 bits per heavy atom. The average molecular weight is 439 g/mol. The van der Waals surface area contributed by atoms with E-state index >= 15 is 0 Å². The van der Waals surface area contributed by atoms with Gasteiger partial charge in [-0.25, -0.2) is 5.01 Å². The summed E-state index contributed by atoms with van der Waals surface area (Å²) in [6.45, 7) is 5.67. The number of anilines is 1. The van der Waals surface area contributed by atoms with Crippen molar-refractivity contribution in [3.8, 4) is 0 Å². The molecule has 27 heavy (non-hydrogen) atoms. The zero-order valence-electron chi connectivity index (χ0n) is 16.1. The number of aliphatic carboxylic acids is 1. The second-order valence-electron chi connectivity index (χ2n) is 6.29. The van der Waals surface area contributed by atoms with E-state index in [9.17, 15) is 14.4 Å². The van der Waals surface area contributed by atoms with Crippen molar-refractivity contribution in [3.63, 3.8) is 0 Å². The minimum absolute atomic E-state index is 0.0609. The number of hydrazone groups is 1. The molecule has 1 atom stereocenters. The van der Waals surface area contributed by atoms with E-state index in [1.165, 1.54) is 5.01 Å². The van der Waals surface area contributed by atoms with Crippen LogP contribution in [0.1, 0.15) is 59.3 Å². The zero-order chi connectivity index (χ0) is 20.4. The molecule has 1 aliphatic rings. The first kappa shape index (κ1) is 23.0. The Morgan fingerprint density at radius 1 is 1.19 bits per heavy atom. The van der Waals surface area contributed by atoms with Gasteiger partial charge in [0.2, 0.25) is 0 Å². The van der Waals surface area contributed by atoms with Gasteiger partial charge in [0.1, 0.15) is 11.7 Å². The number of hydrogen-bond donors (Lipinski definition) is 1. The van der Waals surface area contributed by atoms with Gasteiger partial charge in [0.25, 0.3) is 5.91 Å². The molecule has 0 fully saturated rings. The first-order chi connectivity index (χ1) is 12.8. The third kappa shape index (κ3) is 7.25. The summed E-state index contributed by atoms with van der Waals surface area (Å²) < 4.78 is 1.00. The summed E-state index contributed by atoms with van der Waals surface area (Å²) in [5.41, 5.74) is 1.81. The van der Waals surface area contributed by atoms with Crippen molar-refractivity contribution in [2.75, 3.05) is 5.01 Å². The molecule has 7 heteroatoms. The number of rotatable bonds is 8. The number of nitrogens with zero attached hydrogens (tertiary/aromatic N) is 2. The van der Waals surface area contributed by atoms with Crippen LogP contribution in [0.15, 0.2) is 33.8 Å². The van der Waals surface area contributed by atoms with E-state index in [-0.39, 0.29) is 11.7 Å². The molecule has 1 amide bonds. The van der Waals surface area contributed by atoms with E-state index in [2.05, 4.69) is 28.0 Å². The van der Waals surface area contributed by atoms with Crippen LogP contribution >= 0.6 is 15.9 Å². The maximum absolute atomic E-state index is 11.7. The van der Waals surface area contributed by atoms with Gasteiger partial charge in [-0.15, -0.1) is 0 Å². The molecule has 6 nitrogen and oxygen atoms in total. The van der Waals surface area contributed by atoms with Crippen LogP contribution < -0.4 is 5.01 Å². The number of hydrogen-bond acceptors (Lipinski definition) is 4. The van der Waals surface area contributed by atoms with Gasteiger partial charge in [0.15, 0.2) is 0 Å². The molecular formula is C20H27BrN2O4. The second kappa shape index (κ2) is 11.6. The van der Waals surface area contributed by atoms with Gasteiger partial charge in [0, 0.05) is 16.6 Å². The summed E-state index contributed by atoms with van der Waals surface area (Å²) in [6, 6.07) is 7.60. The Balaban J connectivity index is 0.000000293. The largest absolute Gasteiger partial charge is 0.481 e. The van der Waals surface area contributed by atoms with Gasteiger partial charge in [-0.1, -0.05) is 43.1 Å². The molecule has 1 aliphatic heterocycles. The Labute approximate surface area is 168 Å². The Bertz CT molecular complexity index is 686. The molecule has 0 saturated carbocycles. The number of ketones is 1. The smallest absolute Gasteiger partial charge is 0.314 e. The summed E-state index contributed by atoms with van der Waals surface area (Å²) in [5, 5.41) is 14.4. The van der Waals surface area contributed by atoms with Crippen molar-refractivity contribution in [3.05, 3.63) is 28.7 Å². The van der Waals surface area contributed by atoms with Crippen LogP contribution in [0.3, 0.4) is 0 Å². The van der Waals surface area contributed by atoms with Crippen LogP contribution in [0.5, 0.6) is 0 Å². The topological polar surface area (TPSA) is 87.0 Å². The van der Waals surface area contributed by atoms with E-state index < -0.39 is 11.9 Å². The summed E-state index contributed by atoms with van der Waals surface area (Å²) in [7, 11) is 0. The SMILES string of the molecule is CCCC(=O)C(CC)C(=O)O.CCCC1=NN(c2ccc(Br)cc2)C(=O)C1. The number of carbonyl (C=O) groups excluding carboxylic acids is 2. The molecule has 0 radical (unpaired) electrons. The first-order valence-corrected chi connectivity index (χ1v) is 10.0. The van der Waals surface area contributed by atoms with Crippen molar-refractivity contribution in [2.45, 2.75) is 59.3 Å². The van der Waals surface area contributed by atoms with Crippen LogP contribution in [0.25, 0.3) is 0 Å². The molecule has 1 heterocycles. The van der Waals surface area contributed by atoms with E-state index in [0.717, 1.165) is 35.1 Å². The number of carboxylic acids is 1. The first-order valence-electron chi connectivity index (χ1n) is 9.24. The maximum atomic E-state index is 11.7. The lowest BCUT2D eigenvalue weighted by molar-refractivity contribution is -0.146. The average Bonchev–Trinajstić information content (AvgIpc) is 2.97. The maximum Gasteiger partial charge on any atom is 0.314 e. The Morgan fingerprint density at radius 2 is 1.81 bits per heavy atom. The van der Waals surface area contributed by atoms with Crippen molar-refractivity contribution < 1.29 is 19.5 Å². The Kier molecular flexibility index (Phi) is 9.93. The summed E-state index contributed by atoms with van der Waals surface area (Å²) in [6.07, 6.45) is 3.89. The number of carboxylic acid groups (broad SMARTS) is 1. The standard InChI is InChI=1S/C12H13BrN2O.C8H14O3/c1-2-3-10-8-12(16)15(14-10)11-6-4-9(13)5-7-11;1-3-5-7(9)6(4-2)8(10)11/h4-7H,2-3,8H2,1H3;6H,3-5H2,1-2H3,(H,10,11). The number of benzene rings is 1. The highest BCUT2D eigenvalue weighted by Crippen LogP contribution is 2.23. The summed E-state index contributed by atoms with van der Waals surface area (Å²) >= 11 is 3.37. The molecule has 1 aromatic rings. The Hall–Kier alpha value is -2.02. The minimum Gasteiger partial charge on any atom is -0.481 e. The molecule has 0 aromatic heterocycles. The third-order valence-electron chi connectivity index (χ3n) is 4.03. The molecule has 1 unspecified atom stereocenters. The molecule has 0 bridgehead atoms. The van der Waals surface area contributed by atoms with E-state index in [0.29, 0.717) is 19.3 Å². The number of amides is 1. The number of carbonyl (C=O) groups is 3.